The fraction of sp³-hybridized carbons (Fsp3) is 0.364. The Hall–Kier alpha value is -2.25. The number of hydrogen-bond acceptors (Lipinski definition) is 5. The van der Waals surface area contributed by atoms with E-state index < -0.39 is 23.6 Å². The van der Waals surface area contributed by atoms with Crippen LogP contribution in [-0.2, 0) is 9.59 Å². The van der Waals surface area contributed by atoms with Crippen molar-refractivity contribution in [3.05, 3.63) is 17.7 Å². The van der Waals surface area contributed by atoms with E-state index in [1.807, 2.05) is 0 Å². The van der Waals surface area contributed by atoms with Gasteiger partial charge >= 0.3 is 0 Å². The van der Waals surface area contributed by atoms with Gasteiger partial charge in [-0.3, -0.25) is 14.5 Å². The highest BCUT2D eigenvalue weighted by Crippen LogP contribution is 2.22. The topological polar surface area (TPSA) is 74.3 Å². The zero-order valence-corrected chi connectivity index (χ0v) is 10.3. The van der Waals surface area contributed by atoms with Crippen LogP contribution in [0.2, 0.25) is 0 Å². The highest BCUT2D eigenvalue weighted by molar-refractivity contribution is 6.06. The number of halogens is 2. The van der Waals surface area contributed by atoms with Crippen LogP contribution in [0.5, 0.6) is 0 Å². The molecule has 2 rings (SSSR count). The van der Waals surface area contributed by atoms with Gasteiger partial charge in [0.2, 0.25) is 5.91 Å². The van der Waals surface area contributed by atoms with Crippen LogP contribution in [0, 0.1) is 11.6 Å². The Balaban J connectivity index is 2.25. The quantitative estimate of drug-likeness (QED) is 0.785. The second kappa shape index (κ2) is 4.79. The molecule has 0 aromatic carbocycles. The maximum Gasteiger partial charge on any atom is 0.251 e. The standard InChI is InChI=1S/C11H12F2N4O2/c1-14-9-5(12)3-6(13)10(16-9)15-7-4-8(18)17(2)11(7)19/h3,7H,4H2,1-2H3,(H2,14,15,16). The van der Waals surface area contributed by atoms with Gasteiger partial charge in [0.25, 0.3) is 5.91 Å². The smallest absolute Gasteiger partial charge is 0.251 e. The number of likely N-dealkylation sites (N-methyl/N-ethyl adjacent to an activating group) is 1. The summed E-state index contributed by atoms with van der Waals surface area (Å²) in [6.45, 7) is 0. The van der Waals surface area contributed by atoms with Gasteiger partial charge in [-0.15, -0.1) is 0 Å². The summed E-state index contributed by atoms with van der Waals surface area (Å²) in [5, 5.41) is 4.98. The lowest BCUT2D eigenvalue weighted by atomic mass is 10.2. The SMILES string of the molecule is CNc1nc(NC2CC(=O)N(C)C2=O)c(F)cc1F. The van der Waals surface area contributed by atoms with E-state index in [4.69, 9.17) is 0 Å². The summed E-state index contributed by atoms with van der Waals surface area (Å²) in [6, 6.07) is -0.221. The van der Waals surface area contributed by atoms with Gasteiger partial charge in [-0.25, -0.2) is 13.8 Å². The van der Waals surface area contributed by atoms with E-state index in [1.54, 1.807) is 0 Å². The number of nitrogens with zero attached hydrogens (tertiary/aromatic N) is 2. The Morgan fingerprint density at radius 1 is 1.32 bits per heavy atom. The van der Waals surface area contributed by atoms with Crippen molar-refractivity contribution < 1.29 is 18.4 Å². The van der Waals surface area contributed by atoms with Crippen LogP contribution in [0.3, 0.4) is 0 Å². The molecule has 1 aliphatic heterocycles. The molecule has 1 aliphatic rings. The van der Waals surface area contributed by atoms with Crippen LogP contribution >= 0.6 is 0 Å². The summed E-state index contributed by atoms with van der Waals surface area (Å²) in [7, 11) is 2.78. The molecule has 1 aromatic rings. The molecule has 6 nitrogen and oxygen atoms in total. The van der Waals surface area contributed by atoms with Crippen LogP contribution < -0.4 is 10.6 Å². The summed E-state index contributed by atoms with van der Waals surface area (Å²) in [4.78, 5) is 27.6. The summed E-state index contributed by atoms with van der Waals surface area (Å²) in [6.07, 6.45) is -0.0806. The Kier molecular flexibility index (Phi) is 3.32. The molecule has 2 heterocycles. The summed E-state index contributed by atoms with van der Waals surface area (Å²) < 4.78 is 26.8. The number of carbonyl (C=O) groups excluding carboxylic acids is 2. The molecule has 0 saturated carbocycles. The monoisotopic (exact) mass is 270 g/mol. The van der Waals surface area contributed by atoms with Crippen LogP contribution in [0.15, 0.2) is 6.07 Å². The first-order valence-corrected chi connectivity index (χ1v) is 5.54. The van der Waals surface area contributed by atoms with E-state index in [0.717, 1.165) is 4.90 Å². The highest BCUT2D eigenvalue weighted by Gasteiger charge is 2.36. The molecule has 1 unspecified atom stereocenters. The van der Waals surface area contributed by atoms with E-state index in [2.05, 4.69) is 15.6 Å². The number of imide groups is 1. The zero-order chi connectivity index (χ0) is 14.2. The van der Waals surface area contributed by atoms with Crippen molar-refractivity contribution in [3.63, 3.8) is 0 Å². The van der Waals surface area contributed by atoms with E-state index in [-0.39, 0.29) is 24.0 Å². The predicted molar refractivity (Wildman–Crippen MR) is 63.5 cm³/mol. The van der Waals surface area contributed by atoms with Crippen molar-refractivity contribution in [3.8, 4) is 0 Å². The van der Waals surface area contributed by atoms with Crippen LogP contribution in [0.1, 0.15) is 6.42 Å². The van der Waals surface area contributed by atoms with Gasteiger partial charge in [-0.2, -0.15) is 0 Å². The van der Waals surface area contributed by atoms with Crippen molar-refractivity contribution in [2.75, 3.05) is 24.7 Å². The lowest BCUT2D eigenvalue weighted by Crippen LogP contribution is -2.32. The molecule has 1 atom stereocenters. The highest BCUT2D eigenvalue weighted by atomic mass is 19.1. The van der Waals surface area contributed by atoms with Crippen molar-refractivity contribution >= 4 is 23.5 Å². The predicted octanol–water partition coefficient (Wildman–Crippen LogP) is 0.571. The molecule has 0 spiro atoms. The average molecular weight is 270 g/mol. The molecule has 1 saturated heterocycles. The normalized spacial score (nSPS) is 18.9. The van der Waals surface area contributed by atoms with Crippen molar-refractivity contribution in [2.45, 2.75) is 12.5 Å². The largest absolute Gasteiger partial charge is 0.371 e. The molecule has 1 aromatic heterocycles. The summed E-state index contributed by atoms with van der Waals surface area (Å²) in [5.41, 5.74) is 0. The molecule has 102 valence electrons. The second-order valence-electron chi connectivity index (χ2n) is 4.09. The number of amides is 2. The third-order valence-electron chi connectivity index (χ3n) is 2.86. The van der Waals surface area contributed by atoms with E-state index in [0.29, 0.717) is 6.07 Å². The first-order valence-electron chi connectivity index (χ1n) is 5.54. The number of aromatic nitrogens is 1. The maximum absolute atomic E-state index is 13.5. The first kappa shape index (κ1) is 13.2. The number of pyridine rings is 1. The number of hydrogen-bond donors (Lipinski definition) is 2. The fourth-order valence-electron chi connectivity index (χ4n) is 1.78. The van der Waals surface area contributed by atoms with Crippen LogP contribution in [-0.4, -0.2) is 41.8 Å². The minimum absolute atomic E-state index is 0.0806. The molecule has 0 radical (unpaired) electrons. The zero-order valence-electron chi connectivity index (χ0n) is 10.3. The van der Waals surface area contributed by atoms with E-state index in [9.17, 15) is 18.4 Å². The molecule has 8 heteroatoms. The van der Waals surface area contributed by atoms with Crippen LogP contribution in [0.25, 0.3) is 0 Å². The van der Waals surface area contributed by atoms with Crippen molar-refractivity contribution in [2.24, 2.45) is 0 Å². The fourth-order valence-corrected chi connectivity index (χ4v) is 1.78. The van der Waals surface area contributed by atoms with Crippen LogP contribution in [0.4, 0.5) is 20.4 Å². The van der Waals surface area contributed by atoms with Gasteiger partial charge in [-0.05, 0) is 0 Å². The number of likely N-dealkylation sites (tertiary alicyclic amines) is 1. The van der Waals surface area contributed by atoms with Crippen molar-refractivity contribution in [1.82, 2.24) is 9.88 Å². The molecule has 0 aliphatic carbocycles. The van der Waals surface area contributed by atoms with E-state index >= 15 is 0 Å². The number of anilines is 2. The van der Waals surface area contributed by atoms with Gasteiger partial charge < -0.3 is 10.6 Å². The number of nitrogens with one attached hydrogen (secondary N) is 2. The Bertz CT molecular complexity index is 550. The third kappa shape index (κ3) is 2.33. The molecule has 2 N–H and O–H groups in total. The number of rotatable bonds is 3. The lowest BCUT2D eigenvalue weighted by Gasteiger charge is -2.13. The molecule has 2 amide bonds. The molecule has 0 bridgehead atoms. The second-order valence-corrected chi connectivity index (χ2v) is 4.09. The van der Waals surface area contributed by atoms with Gasteiger partial charge in [0, 0.05) is 20.2 Å². The van der Waals surface area contributed by atoms with E-state index in [1.165, 1.54) is 14.1 Å². The molecular weight excluding hydrogens is 258 g/mol. The lowest BCUT2D eigenvalue weighted by molar-refractivity contribution is -0.136. The Labute approximate surface area is 107 Å². The van der Waals surface area contributed by atoms with Crippen molar-refractivity contribution in [1.29, 1.82) is 0 Å². The Morgan fingerprint density at radius 2 is 1.95 bits per heavy atom. The van der Waals surface area contributed by atoms with Gasteiger partial charge in [0.05, 0.1) is 6.42 Å². The minimum Gasteiger partial charge on any atom is -0.371 e. The van der Waals surface area contributed by atoms with Gasteiger partial charge in [0.15, 0.2) is 23.3 Å². The maximum atomic E-state index is 13.5. The summed E-state index contributed by atoms with van der Waals surface area (Å²) >= 11 is 0. The minimum atomic E-state index is -0.925. The molecule has 1 fully saturated rings. The molecular formula is C11H12F2N4O2. The Morgan fingerprint density at radius 3 is 2.47 bits per heavy atom. The van der Waals surface area contributed by atoms with Gasteiger partial charge in [-0.1, -0.05) is 0 Å². The number of carbonyl (C=O) groups is 2. The molecule has 19 heavy (non-hydrogen) atoms. The third-order valence-corrected chi connectivity index (χ3v) is 2.86. The van der Waals surface area contributed by atoms with Gasteiger partial charge in [0.1, 0.15) is 6.04 Å². The first-order chi connectivity index (χ1) is 8.93. The summed E-state index contributed by atoms with van der Waals surface area (Å²) in [5.74, 6) is -3.01. The average Bonchev–Trinajstić information content (AvgIpc) is 2.60.